The molecule has 0 saturated carbocycles. The maximum atomic E-state index is 14.1. The molecule has 1 unspecified atom stereocenters. The highest BCUT2D eigenvalue weighted by molar-refractivity contribution is 7.90. The molecule has 26 heavy (non-hydrogen) atoms. The molecular weight excluding hydrogens is 366 g/mol. The van der Waals surface area contributed by atoms with Crippen LogP contribution >= 0.6 is 0 Å². The Bertz CT molecular complexity index is 932. The molecule has 140 valence electrons. The second-order valence-corrected chi connectivity index (χ2v) is 7.85. The van der Waals surface area contributed by atoms with Gasteiger partial charge in [0.25, 0.3) is 5.69 Å². The van der Waals surface area contributed by atoms with Gasteiger partial charge in [0.15, 0.2) is 9.84 Å². The van der Waals surface area contributed by atoms with Crippen LogP contribution in [0.3, 0.4) is 0 Å². The molecule has 2 aromatic rings. The summed E-state index contributed by atoms with van der Waals surface area (Å²) >= 11 is 0. The third-order valence-corrected chi connectivity index (χ3v) is 4.94. The Balaban J connectivity index is 2.45. The third kappa shape index (κ3) is 4.54. The van der Waals surface area contributed by atoms with Gasteiger partial charge in [-0.25, -0.2) is 17.2 Å². The lowest BCUT2D eigenvalue weighted by Gasteiger charge is -2.21. The van der Waals surface area contributed by atoms with Crippen molar-refractivity contribution in [3.63, 3.8) is 0 Å². The Labute approximate surface area is 149 Å². The highest BCUT2D eigenvalue weighted by Gasteiger charge is 2.23. The van der Waals surface area contributed by atoms with Gasteiger partial charge in [0.2, 0.25) is 0 Å². The molecule has 0 radical (unpaired) electrons. The summed E-state index contributed by atoms with van der Waals surface area (Å²) in [7, 11) is -3.83. The van der Waals surface area contributed by atoms with Crippen LogP contribution in [0.5, 0.6) is 0 Å². The SMILES string of the molecule is CCCC(Nc1ccc([N+](=O)[O-])c(S(C)(=O)=O)c1)c1ccc(F)cc1F. The highest BCUT2D eigenvalue weighted by Crippen LogP contribution is 2.31. The number of nitrogens with one attached hydrogen (secondary N) is 1. The Kier molecular flexibility index (Phi) is 5.91. The van der Waals surface area contributed by atoms with Crippen molar-refractivity contribution < 1.29 is 22.1 Å². The zero-order valence-electron chi connectivity index (χ0n) is 14.2. The summed E-state index contributed by atoms with van der Waals surface area (Å²) < 4.78 is 50.9. The van der Waals surface area contributed by atoms with E-state index in [2.05, 4.69) is 5.32 Å². The molecule has 0 bridgehead atoms. The highest BCUT2D eigenvalue weighted by atomic mass is 32.2. The van der Waals surface area contributed by atoms with E-state index in [1.165, 1.54) is 12.1 Å². The number of sulfone groups is 1. The summed E-state index contributed by atoms with van der Waals surface area (Å²) in [4.78, 5) is 9.84. The van der Waals surface area contributed by atoms with Crippen molar-refractivity contribution in [1.82, 2.24) is 0 Å². The van der Waals surface area contributed by atoms with E-state index >= 15 is 0 Å². The van der Waals surface area contributed by atoms with Gasteiger partial charge in [-0.1, -0.05) is 19.4 Å². The minimum Gasteiger partial charge on any atom is -0.378 e. The van der Waals surface area contributed by atoms with Gasteiger partial charge in [0.05, 0.1) is 11.0 Å². The normalized spacial score (nSPS) is 12.6. The molecule has 0 spiro atoms. The van der Waals surface area contributed by atoms with Crippen LogP contribution in [-0.4, -0.2) is 19.6 Å². The van der Waals surface area contributed by atoms with Crippen molar-refractivity contribution >= 4 is 21.2 Å². The maximum Gasteiger partial charge on any atom is 0.288 e. The summed E-state index contributed by atoms with van der Waals surface area (Å²) in [5, 5.41) is 14.0. The number of hydrogen-bond donors (Lipinski definition) is 1. The van der Waals surface area contributed by atoms with Crippen molar-refractivity contribution in [2.45, 2.75) is 30.7 Å². The van der Waals surface area contributed by atoms with E-state index in [0.29, 0.717) is 18.5 Å². The second kappa shape index (κ2) is 7.77. The largest absolute Gasteiger partial charge is 0.378 e. The lowest BCUT2D eigenvalue weighted by Crippen LogP contribution is -2.13. The zero-order valence-corrected chi connectivity index (χ0v) is 15.0. The lowest BCUT2D eigenvalue weighted by atomic mass is 10.0. The number of nitro benzene ring substituents is 1. The van der Waals surface area contributed by atoms with E-state index in [0.717, 1.165) is 30.5 Å². The van der Waals surface area contributed by atoms with E-state index < -0.39 is 43.0 Å². The monoisotopic (exact) mass is 384 g/mol. The molecule has 0 aromatic heterocycles. The minimum absolute atomic E-state index is 0.229. The molecule has 0 heterocycles. The van der Waals surface area contributed by atoms with Gasteiger partial charge in [-0.05, 0) is 24.6 Å². The summed E-state index contributed by atoms with van der Waals surface area (Å²) in [6, 6.07) is 6.28. The molecule has 2 aromatic carbocycles. The minimum atomic E-state index is -3.83. The van der Waals surface area contributed by atoms with Gasteiger partial charge in [-0.3, -0.25) is 10.1 Å². The van der Waals surface area contributed by atoms with Gasteiger partial charge >= 0.3 is 0 Å². The summed E-state index contributed by atoms with van der Waals surface area (Å²) in [6.07, 6.45) is 2.05. The predicted molar refractivity (Wildman–Crippen MR) is 93.8 cm³/mol. The van der Waals surface area contributed by atoms with E-state index in [-0.39, 0.29) is 5.56 Å². The Morgan fingerprint density at radius 3 is 2.42 bits per heavy atom. The predicted octanol–water partition coefficient (Wildman–Crippen LogP) is 4.23. The molecule has 1 atom stereocenters. The number of benzene rings is 2. The lowest BCUT2D eigenvalue weighted by molar-refractivity contribution is -0.387. The number of nitrogens with zero attached hydrogens (tertiary/aromatic N) is 1. The average molecular weight is 384 g/mol. The summed E-state index contributed by atoms with van der Waals surface area (Å²) in [5.41, 5.74) is -0.0104. The van der Waals surface area contributed by atoms with E-state index in [9.17, 15) is 27.3 Å². The van der Waals surface area contributed by atoms with Crippen molar-refractivity contribution in [1.29, 1.82) is 0 Å². The summed E-state index contributed by atoms with van der Waals surface area (Å²) in [5.74, 6) is -1.42. The van der Waals surface area contributed by atoms with Gasteiger partial charge in [-0.2, -0.15) is 0 Å². The molecule has 9 heteroatoms. The van der Waals surface area contributed by atoms with Crippen LogP contribution in [0.15, 0.2) is 41.3 Å². The first-order valence-corrected chi connectivity index (χ1v) is 9.72. The van der Waals surface area contributed by atoms with Crippen LogP contribution in [-0.2, 0) is 9.84 Å². The number of hydrogen-bond acceptors (Lipinski definition) is 5. The van der Waals surface area contributed by atoms with Crippen LogP contribution in [0, 0.1) is 21.7 Å². The van der Waals surface area contributed by atoms with Crippen LogP contribution in [0.1, 0.15) is 31.4 Å². The van der Waals surface area contributed by atoms with Gasteiger partial charge in [0.1, 0.15) is 16.5 Å². The Hall–Kier alpha value is -2.55. The van der Waals surface area contributed by atoms with Crippen molar-refractivity contribution in [3.8, 4) is 0 Å². The molecule has 0 saturated heterocycles. The molecule has 0 fully saturated rings. The van der Waals surface area contributed by atoms with Crippen molar-refractivity contribution in [3.05, 3.63) is 63.7 Å². The molecule has 0 aliphatic carbocycles. The maximum absolute atomic E-state index is 14.1. The van der Waals surface area contributed by atoms with Gasteiger partial charge < -0.3 is 5.32 Å². The van der Waals surface area contributed by atoms with Crippen LogP contribution in [0.25, 0.3) is 0 Å². The zero-order chi connectivity index (χ0) is 19.5. The average Bonchev–Trinajstić information content (AvgIpc) is 2.53. The number of nitro groups is 1. The Morgan fingerprint density at radius 1 is 1.19 bits per heavy atom. The number of halogens is 2. The fourth-order valence-corrected chi connectivity index (χ4v) is 3.49. The van der Waals surface area contributed by atoms with Crippen LogP contribution < -0.4 is 5.32 Å². The smallest absolute Gasteiger partial charge is 0.288 e. The molecule has 6 nitrogen and oxygen atoms in total. The van der Waals surface area contributed by atoms with E-state index in [1.54, 1.807) is 0 Å². The molecular formula is C17H18F2N2O4S. The molecule has 0 amide bonds. The quantitative estimate of drug-likeness (QED) is 0.570. The first kappa shape index (κ1) is 19.8. The Morgan fingerprint density at radius 2 is 1.88 bits per heavy atom. The van der Waals surface area contributed by atoms with Crippen molar-refractivity contribution in [2.75, 3.05) is 11.6 Å². The van der Waals surface area contributed by atoms with Crippen molar-refractivity contribution in [2.24, 2.45) is 0 Å². The molecule has 2 rings (SSSR count). The third-order valence-electron chi connectivity index (χ3n) is 3.81. The van der Waals surface area contributed by atoms with Crippen LogP contribution in [0.4, 0.5) is 20.2 Å². The topological polar surface area (TPSA) is 89.3 Å². The number of anilines is 1. The molecule has 0 aliphatic heterocycles. The standard InChI is InChI=1S/C17H18F2N2O4S/c1-3-4-15(13-7-5-11(18)9-14(13)19)20-12-6-8-16(21(22)23)17(10-12)26(2,24)25/h5-10,15,20H,3-4H2,1-2H3. The summed E-state index contributed by atoms with van der Waals surface area (Å²) in [6.45, 7) is 1.88. The first-order valence-electron chi connectivity index (χ1n) is 7.83. The van der Waals surface area contributed by atoms with E-state index in [1.807, 2.05) is 6.92 Å². The van der Waals surface area contributed by atoms with E-state index in [4.69, 9.17) is 0 Å². The first-order chi connectivity index (χ1) is 12.1. The van der Waals surface area contributed by atoms with Crippen LogP contribution in [0.2, 0.25) is 0 Å². The fraction of sp³-hybridized carbons (Fsp3) is 0.294. The molecule has 1 N–H and O–H groups in total. The molecule has 0 aliphatic rings. The van der Waals surface area contributed by atoms with Gasteiger partial charge in [-0.15, -0.1) is 0 Å². The van der Waals surface area contributed by atoms with Gasteiger partial charge in [0, 0.05) is 29.6 Å². The number of rotatable bonds is 7. The second-order valence-electron chi connectivity index (χ2n) is 5.86. The fourth-order valence-electron chi connectivity index (χ4n) is 2.63.